The summed E-state index contributed by atoms with van der Waals surface area (Å²) in [6.07, 6.45) is 12.2. The van der Waals surface area contributed by atoms with Crippen molar-refractivity contribution < 1.29 is 0 Å². The Labute approximate surface area is 108 Å². The molecule has 3 rings (SSSR count). The summed E-state index contributed by atoms with van der Waals surface area (Å²) < 4.78 is 0. The molecular weight excluding hydrogens is 228 g/mol. The van der Waals surface area contributed by atoms with Crippen LogP contribution in [0.2, 0.25) is 0 Å². The highest BCUT2D eigenvalue weighted by atomic mass is 32.1. The molecule has 0 radical (unpaired) electrons. The first-order valence-corrected chi connectivity index (χ1v) is 7.94. The molecule has 1 aromatic heterocycles. The molecule has 0 amide bonds. The molecule has 0 unspecified atom stereocenters. The summed E-state index contributed by atoms with van der Waals surface area (Å²) in [4.78, 5) is 6.36. The number of aromatic nitrogens is 1. The second-order valence-electron chi connectivity index (χ2n) is 5.40. The first kappa shape index (κ1) is 11.7. The molecule has 3 heteroatoms. The lowest BCUT2D eigenvalue weighted by Gasteiger charge is -2.22. The largest absolute Gasteiger partial charge is 0.308 e. The molecular formula is C14H22N2S. The number of thiazole rings is 1. The third-order valence-corrected chi connectivity index (χ3v) is 5.19. The van der Waals surface area contributed by atoms with Crippen molar-refractivity contribution in [2.75, 3.05) is 0 Å². The third kappa shape index (κ3) is 2.89. The molecule has 0 saturated heterocycles. The minimum absolute atomic E-state index is 0.754. The predicted molar refractivity (Wildman–Crippen MR) is 72.5 cm³/mol. The number of nitrogens with one attached hydrogen (secondary N) is 1. The molecule has 0 atom stereocenters. The van der Waals surface area contributed by atoms with Gasteiger partial charge in [0.15, 0.2) is 0 Å². The SMILES string of the molecule is C1CCC(NCc2nc3c(s2)CCCC3)CC1. The van der Waals surface area contributed by atoms with Gasteiger partial charge in [-0.3, -0.25) is 0 Å². The van der Waals surface area contributed by atoms with E-state index in [0.717, 1.165) is 12.6 Å². The Hall–Kier alpha value is -0.410. The lowest BCUT2D eigenvalue weighted by atomic mass is 9.96. The number of hydrogen-bond acceptors (Lipinski definition) is 3. The Morgan fingerprint density at radius 3 is 2.71 bits per heavy atom. The first-order valence-electron chi connectivity index (χ1n) is 7.12. The molecule has 0 aromatic carbocycles. The molecule has 1 fully saturated rings. The molecule has 2 aliphatic carbocycles. The summed E-state index contributed by atoms with van der Waals surface area (Å²) in [5.41, 5.74) is 1.40. The van der Waals surface area contributed by atoms with E-state index in [9.17, 15) is 0 Å². The van der Waals surface area contributed by atoms with E-state index in [4.69, 9.17) is 4.98 Å². The fourth-order valence-corrected chi connectivity index (χ4v) is 4.13. The summed E-state index contributed by atoms with van der Waals surface area (Å²) in [7, 11) is 0. The van der Waals surface area contributed by atoms with Crippen molar-refractivity contribution in [3.05, 3.63) is 15.6 Å². The van der Waals surface area contributed by atoms with Gasteiger partial charge in [0.2, 0.25) is 0 Å². The number of aryl methyl sites for hydroxylation is 2. The second-order valence-corrected chi connectivity index (χ2v) is 6.57. The van der Waals surface area contributed by atoms with Gasteiger partial charge in [0.05, 0.1) is 5.69 Å². The molecule has 1 aromatic rings. The predicted octanol–water partition coefficient (Wildman–Crippen LogP) is 3.44. The fourth-order valence-electron chi connectivity index (χ4n) is 3.02. The minimum atomic E-state index is 0.754. The summed E-state index contributed by atoms with van der Waals surface area (Å²) in [5, 5.41) is 5.02. The van der Waals surface area contributed by atoms with E-state index >= 15 is 0 Å². The summed E-state index contributed by atoms with van der Waals surface area (Å²) in [6.45, 7) is 1.00. The van der Waals surface area contributed by atoms with E-state index in [2.05, 4.69) is 5.32 Å². The Morgan fingerprint density at radius 1 is 1.06 bits per heavy atom. The third-order valence-electron chi connectivity index (χ3n) is 4.04. The van der Waals surface area contributed by atoms with Gasteiger partial charge in [-0.1, -0.05) is 19.3 Å². The lowest BCUT2D eigenvalue weighted by molar-refractivity contribution is 0.372. The van der Waals surface area contributed by atoms with Gasteiger partial charge in [-0.25, -0.2) is 4.98 Å². The van der Waals surface area contributed by atoms with Crippen molar-refractivity contribution in [3.8, 4) is 0 Å². The molecule has 2 nitrogen and oxygen atoms in total. The maximum Gasteiger partial charge on any atom is 0.107 e. The Morgan fingerprint density at radius 2 is 1.88 bits per heavy atom. The van der Waals surface area contributed by atoms with Gasteiger partial charge in [-0.15, -0.1) is 11.3 Å². The van der Waals surface area contributed by atoms with Crippen LogP contribution in [0, 0.1) is 0 Å². The molecule has 0 spiro atoms. The smallest absolute Gasteiger partial charge is 0.107 e. The van der Waals surface area contributed by atoms with E-state index in [1.165, 1.54) is 68.5 Å². The van der Waals surface area contributed by atoms with Crippen LogP contribution in [0.4, 0.5) is 0 Å². The zero-order valence-electron chi connectivity index (χ0n) is 10.5. The molecule has 0 bridgehead atoms. The van der Waals surface area contributed by atoms with Crippen LogP contribution in [0.25, 0.3) is 0 Å². The summed E-state index contributed by atoms with van der Waals surface area (Å²) in [5.74, 6) is 0. The van der Waals surface area contributed by atoms with Crippen molar-refractivity contribution in [2.45, 2.75) is 70.4 Å². The van der Waals surface area contributed by atoms with Crippen LogP contribution in [0.5, 0.6) is 0 Å². The Kier molecular flexibility index (Phi) is 3.77. The van der Waals surface area contributed by atoms with Gasteiger partial charge in [0.1, 0.15) is 5.01 Å². The highest BCUT2D eigenvalue weighted by Gasteiger charge is 2.16. The fraction of sp³-hybridized carbons (Fsp3) is 0.786. The normalized spacial score (nSPS) is 21.4. The lowest BCUT2D eigenvalue weighted by Crippen LogP contribution is -2.30. The molecule has 1 heterocycles. The maximum absolute atomic E-state index is 4.79. The summed E-state index contributed by atoms with van der Waals surface area (Å²) >= 11 is 1.95. The summed E-state index contributed by atoms with van der Waals surface area (Å²) in [6, 6.07) is 0.754. The number of nitrogens with zero attached hydrogens (tertiary/aromatic N) is 1. The molecule has 0 aliphatic heterocycles. The van der Waals surface area contributed by atoms with E-state index in [1.54, 1.807) is 4.88 Å². The minimum Gasteiger partial charge on any atom is -0.308 e. The number of fused-ring (bicyclic) bond motifs is 1. The van der Waals surface area contributed by atoms with Crippen LogP contribution in [-0.2, 0) is 19.4 Å². The topological polar surface area (TPSA) is 24.9 Å². The highest BCUT2D eigenvalue weighted by Crippen LogP contribution is 2.27. The maximum atomic E-state index is 4.79. The van der Waals surface area contributed by atoms with E-state index in [-0.39, 0.29) is 0 Å². The van der Waals surface area contributed by atoms with Gasteiger partial charge in [-0.05, 0) is 38.5 Å². The van der Waals surface area contributed by atoms with Gasteiger partial charge in [0, 0.05) is 17.5 Å². The number of hydrogen-bond donors (Lipinski definition) is 1. The standard InChI is InChI=1S/C14H22N2S/c1-2-6-11(7-3-1)15-10-14-16-12-8-4-5-9-13(12)17-14/h11,15H,1-10H2. The van der Waals surface area contributed by atoms with Crippen LogP contribution >= 0.6 is 11.3 Å². The first-order chi connectivity index (χ1) is 8.42. The molecule has 2 aliphatic rings. The Bertz CT molecular complexity index is 343. The van der Waals surface area contributed by atoms with Crippen molar-refractivity contribution in [2.24, 2.45) is 0 Å². The molecule has 1 saturated carbocycles. The number of rotatable bonds is 3. The average molecular weight is 250 g/mol. The van der Waals surface area contributed by atoms with Crippen molar-refractivity contribution in [3.63, 3.8) is 0 Å². The van der Waals surface area contributed by atoms with Crippen molar-refractivity contribution in [1.29, 1.82) is 0 Å². The zero-order chi connectivity index (χ0) is 11.5. The molecule has 1 N–H and O–H groups in total. The Balaban J connectivity index is 1.55. The van der Waals surface area contributed by atoms with Gasteiger partial charge >= 0.3 is 0 Å². The molecule has 17 heavy (non-hydrogen) atoms. The van der Waals surface area contributed by atoms with E-state index in [0.29, 0.717) is 0 Å². The van der Waals surface area contributed by atoms with Gasteiger partial charge in [-0.2, -0.15) is 0 Å². The zero-order valence-corrected chi connectivity index (χ0v) is 11.3. The second kappa shape index (κ2) is 5.49. The van der Waals surface area contributed by atoms with E-state index < -0.39 is 0 Å². The highest BCUT2D eigenvalue weighted by molar-refractivity contribution is 7.11. The average Bonchev–Trinajstić information content (AvgIpc) is 2.80. The molecule has 94 valence electrons. The van der Waals surface area contributed by atoms with Crippen molar-refractivity contribution >= 4 is 11.3 Å². The van der Waals surface area contributed by atoms with Crippen LogP contribution in [0.15, 0.2) is 0 Å². The van der Waals surface area contributed by atoms with Gasteiger partial charge in [0.25, 0.3) is 0 Å². The van der Waals surface area contributed by atoms with Crippen LogP contribution < -0.4 is 5.32 Å². The van der Waals surface area contributed by atoms with Crippen LogP contribution in [0.1, 0.15) is 60.5 Å². The van der Waals surface area contributed by atoms with Crippen LogP contribution in [0.3, 0.4) is 0 Å². The van der Waals surface area contributed by atoms with Crippen LogP contribution in [-0.4, -0.2) is 11.0 Å². The van der Waals surface area contributed by atoms with Crippen molar-refractivity contribution in [1.82, 2.24) is 10.3 Å². The monoisotopic (exact) mass is 250 g/mol. The van der Waals surface area contributed by atoms with Gasteiger partial charge < -0.3 is 5.32 Å². The quantitative estimate of drug-likeness (QED) is 0.889. The van der Waals surface area contributed by atoms with E-state index in [1.807, 2.05) is 11.3 Å².